The number of nitrogens with zero attached hydrogens (tertiary/aromatic N) is 3. The van der Waals surface area contributed by atoms with E-state index in [0.29, 0.717) is 17.6 Å². The van der Waals surface area contributed by atoms with Crippen LogP contribution in [0.1, 0.15) is 43.1 Å². The molecule has 1 unspecified atom stereocenters. The first-order valence-electron chi connectivity index (χ1n) is 6.58. The van der Waals surface area contributed by atoms with Crippen LogP contribution in [0.2, 0.25) is 0 Å². The van der Waals surface area contributed by atoms with Crippen LogP contribution in [0.25, 0.3) is 0 Å². The SMILES string of the molecule is CCC1CCCCN1C(=O)c1ccc(NC)nn1. The average Bonchev–Trinajstić information content (AvgIpc) is 2.46. The van der Waals surface area contributed by atoms with Crippen molar-refractivity contribution in [2.24, 2.45) is 0 Å². The molecule has 1 saturated heterocycles. The molecule has 0 aliphatic carbocycles. The fraction of sp³-hybridized carbons (Fsp3) is 0.615. The minimum atomic E-state index is 0.0108. The first kappa shape index (κ1) is 12.8. The number of carbonyl (C=O) groups excluding carboxylic acids is 1. The summed E-state index contributed by atoms with van der Waals surface area (Å²) in [6, 6.07) is 3.88. The number of amides is 1. The molecule has 5 heteroatoms. The fourth-order valence-corrected chi connectivity index (χ4v) is 2.42. The Balaban J connectivity index is 2.13. The summed E-state index contributed by atoms with van der Waals surface area (Å²) < 4.78 is 0. The van der Waals surface area contributed by atoms with Crippen LogP contribution in [0.3, 0.4) is 0 Å². The summed E-state index contributed by atoms with van der Waals surface area (Å²) in [5.74, 6) is 0.689. The summed E-state index contributed by atoms with van der Waals surface area (Å²) in [5.41, 5.74) is 0.439. The summed E-state index contributed by atoms with van der Waals surface area (Å²) in [7, 11) is 1.78. The van der Waals surface area contributed by atoms with Crippen molar-refractivity contribution in [2.75, 3.05) is 18.9 Å². The molecular formula is C13H20N4O. The molecule has 0 aromatic carbocycles. The van der Waals surface area contributed by atoms with Gasteiger partial charge in [0.15, 0.2) is 5.69 Å². The fourth-order valence-electron chi connectivity index (χ4n) is 2.42. The highest BCUT2D eigenvalue weighted by molar-refractivity contribution is 5.92. The number of hydrogen-bond acceptors (Lipinski definition) is 4. The molecule has 0 radical (unpaired) electrons. The maximum absolute atomic E-state index is 12.4. The summed E-state index contributed by atoms with van der Waals surface area (Å²) in [6.07, 6.45) is 4.41. The quantitative estimate of drug-likeness (QED) is 0.888. The molecule has 2 rings (SSSR count). The highest BCUT2D eigenvalue weighted by atomic mass is 16.2. The molecule has 1 aliphatic rings. The molecule has 1 aromatic rings. The molecule has 0 saturated carbocycles. The molecule has 1 atom stereocenters. The van der Waals surface area contributed by atoms with E-state index in [0.717, 1.165) is 25.8 Å². The van der Waals surface area contributed by atoms with Crippen LogP contribution < -0.4 is 5.32 Å². The third kappa shape index (κ3) is 2.60. The van der Waals surface area contributed by atoms with Crippen LogP contribution in [0.15, 0.2) is 12.1 Å². The van der Waals surface area contributed by atoms with Gasteiger partial charge in [0, 0.05) is 19.6 Å². The predicted octanol–water partition coefficient (Wildman–Crippen LogP) is 1.92. The Morgan fingerprint density at radius 3 is 2.89 bits per heavy atom. The van der Waals surface area contributed by atoms with Gasteiger partial charge in [0.05, 0.1) is 0 Å². The van der Waals surface area contributed by atoms with Gasteiger partial charge in [-0.3, -0.25) is 4.79 Å². The molecule has 0 bridgehead atoms. The van der Waals surface area contributed by atoms with Gasteiger partial charge in [0.2, 0.25) is 0 Å². The molecular weight excluding hydrogens is 228 g/mol. The molecule has 98 valence electrons. The molecule has 1 amide bonds. The molecule has 1 N–H and O–H groups in total. The summed E-state index contributed by atoms with van der Waals surface area (Å²) >= 11 is 0. The van der Waals surface area contributed by atoms with Gasteiger partial charge in [-0.05, 0) is 37.8 Å². The Morgan fingerprint density at radius 2 is 2.28 bits per heavy atom. The Bertz CT molecular complexity index is 404. The maximum atomic E-state index is 12.4. The van der Waals surface area contributed by atoms with Gasteiger partial charge in [0.1, 0.15) is 5.82 Å². The van der Waals surface area contributed by atoms with E-state index in [4.69, 9.17) is 0 Å². The zero-order valence-corrected chi connectivity index (χ0v) is 11.0. The Labute approximate surface area is 108 Å². The van der Waals surface area contributed by atoms with Crippen LogP contribution in [-0.4, -0.2) is 40.6 Å². The van der Waals surface area contributed by atoms with Crippen molar-refractivity contribution >= 4 is 11.7 Å². The van der Waals surface area contributed by atoms with Gasteiger partial charge in [-0.2, -0.15) is 0 Å². The molecule has 2 heterocycles. The van der Waals surface area contributed by atoms with Crippen molar-refractivity contribution in [3.05, 3.63) is 17.8 Å². The maximum Gasteiger partial charge on any atom is 0.274 e. The van der Waals surface area contributed by atoms with E-state index in [2.05, 4.69) is 22.4 Å². The van der Waals surface area contributed by atoms with Crippen molar-refractivity contribution < 1.29 is 4.79 Å². The minimum Gasteiger partial charge on any atom is -0.372 e. The van der Waals surface area contributed by atoms with E-state index in [1.165, 1.54) is 6.42 Å². The molecule has 0 spiro atoms. The number of hydrogen-bond donors (Lipinski definition) is 1. The second-order valence-electron chi connectivity index (χ2n) is 4.61. The van der Waals surface area contributed by atoms with Crippen molar-refractivity contribution in [3.8, 4) is 0 Å². The molecule has 18 heavy (non-hydrogen) atoms. The van der Waals surface area contributed by atoms with E-state index in [9.17, 15) is 4.79 Å². The average molecular weight is 248 g/mol. The Morgan fingerprint density at radius 1 is 1.44 bits per heavy atom. The number of nitrogens with one attached hydrogen (secondary N) is 1. The van der Waals surface area contributed by atoms with E-state index in [1.54, 1.807) is 19.2 Å². The first-order chi connectivity index (χ1) is 8.76. The Hall–Kier alpha value is -1.65. The van der Waals surface area contributed by atoms with Crippen LogP contribution in [0, 0.1) is 0 Å². The second-order valence-corrected chi connectivity index (χ2v) is 4.61. The van der Waals surface area contributed by atoms with Gasteiger partial charge in [-0.15, -0.1) is 10.2 Å². The lowest BCUT2D eigenvalue weighted by Crippen LogP contribution is -2.43. The standard InChI is InChI=1S/C13H20N4O/c1-3-10-6-4-5-9-17(10)13(18)11-7-8-12(14-2)16-15-11/h7-8,10H,3-6,9H2,1-2H3,(H,14,16). The van der Waals surface area contributed by atoms with Crippen molar-refractivity contribution in [2.45, 2.75) is 38.6 Å². The number of rotatable bonds is 3. The third-order valence-corrected chi connectivity index (χ3v) is 3.50. The summed E-state index contributed by atoms with van der Waals surface area (Å²) in [5, 5.41) is 10.8. The van der Waals surface area contributed by atoms with E-state index >= 15 is 0 Å². The topological polar surface area (TPSA) is 58.1 Å². The number of aromatic nitrogens is 2. The zero-order valence-electron chi connectivity index (χ0n) is 11.0. The van der Waals surface area contributed by atoms with E-state index in [1.807, 2.05) is 4.90 Å². The van der Waals surface area contributed by atoms with Gasteiger partial charge in [0.25, 0.3) is 5.91 Å². The lowest BCUT2D eigenvalue weighted by atomic mass is 9.99. The summed E-state index contributed by atoms with van der Waals surface area (Å²) in [4.78, 5) is 14.3. The van der Waals surface area contributed by atoms with Crippen LogP contribution in [0.5, 0.6) is 0 Å². The van der Waals surface area contributed by atoms with Gasteiger partial charge in [-0.1, -0.05) is 6.92 Å². The third-order valence-electron chi connectivity index (χ3n) is 3.50. The van der Waals surface area contributed by atoms with E-state index < -0.39 is 0 Å². The number of anilines is 1. The van der Waals surface area contributed by atoms with Gasteiger partial charge < -0.3 is 10.2 Å². The first-order valence-corrected chi connectivity index (χ1v) is 6.58. The van der Waals surface area contributed by atoms with E-state index in [-0.39, 0.29) is 5.91 Å². The number of carbonyl (C=O) groups is 1. The lowest BCUT2D eigenvalue weighted by molar-refractivity contribution is 0.0601. The molecule has 1 aliphatic heterocycles. The van der Waals surface area contributed by atoms with Gasteiger partial charge in [-0.25, -0.2) is 0 Å². The predicted molar refractivity (Wildman–Crippen MR) is 70.5 cm³/mol. The highest BCUT2D eigenvalue weighted by Gasteiger charge is 2.26. The molecule has 1 aromatic heterocycles. The molecule has 5 nitrogen and oxygen atoms in total. The van der Waals surface area contributed by atoms with Gasteiger partial charge >= 0.3 is 0 Å². The normalized spacial score (nSPS) is 19.7. The van der Waals surface area contributed by atoms with Crippen LogP contribution >= 0.6 is 0 Å². The second kappa shape index (κ2) is 5.80. The van der Waals surface area contributed by atoms with Crippen molar-refractivity contribution in [1.82, 2.24) is 15.1 Å². The highest BCUT2D eigenvalue weighted by Crippen LogP contribution is 2.21. The van der Waals surface area contributed by atoms with Crippen molar-refractivity contribution in [3.63, 3.8) is 0 Å². The lowest BCUT2D eigenvalue weighted by Gasteiger charge is -2.34. The number of likely N-dealkylation sites (tertiary alicyclic amines) is 1. The largest absolute Gasteiger partial charge is 0.372 e. The van der Waals surface area contributed by atoms with Crippen LogP contribution in [-0.2, 0) is 0 Å². The van der Waals surface area contributed by atoms with Crippen molar-refractivity contribution in [1.29, 1.82) is 0 Å². The smallest absolute Gasteiger partial charge is 0.274 e. The minimum absolute atomic E-state index is 0.0108. The Kier molecular flexibility index (Phi) is 4.12. The van der Waals surface area contributed by atoms with Crippen LogP contribution in [0.4, 0.5) is 5.82 Å². The monoisotopic (exact) mass is 248 g/mol. The summed E-state index contributed by atoms with van der Waals surface area (Å²) in [6.45, 7) is 2.97. The number of piperidine rings is 1. The zero-order chi connectivity index (χ0) is 13.0. The molecule has 1 fully saturated rings.